The molecule has 0 atom stereocenters. The third-order valence-corrected chi connectivity index (χ3v) is 4.00. The van der Waals surface area contributed by atoms with Gasteiger partial charge >= 0.3 is 0 Å². The van der Waals surface area contributed by atoms with E-state index in [0.717, 1.165) is 23.1 Å². The van der Waals surface area contributed by atoms with Crippen molar-refractivity contribution in [1.82, 2.24) is 24.8 Å². The SMILES string of the molecule is CCCn1cc(NC(=O)c2nnn(-c3cccc(Br)c3)c2C)cn1. The van der Waals surface area contributed by atoms with Crippen LogP contribution in [0.5, 0.6) is 0 Å². The van der Waals surface area contributed by atoms with Gasteiger partial charge in [-0.05, 0) is 31.5 Å². The third kappa shape index (κ3) is 3.38. The Morgan fingerprint density at radius 3 is 2.96 bits per heavy atom. The van der Waals surface area contributed by atoms with Crippen LogP contribution < -0.4 is 5.32 Å². The van der Waals surface area contributed by atoms with Gasteiger partial charge in [0.15, 0.2) is 5.69 Å². The largest absolute Gasteiger partial charge is 0.318 e. The van der Waals surface area contributed by atoms with Crippen LogP contribution in [0.4, 0.5) is 5.69 Å². The van der Waals surface area contributed by atoms with E-state index < -0.39 is 0 Å². The fraction of sp³-hybridized carbons (Fsp3) is 0.250. The van der Waals surface area contributed by atoms with Crippen molar-refractivity contribution in [3.8, 4) is 5.69 Å². The van der Waals surface area contributed by atoms with Gasteiger partial charge in [0, 0.05) is 17.2 Å². The molecule has 24 heavy (non-hydrogen) atoms. The molecular formula is C16H17BrN6O. The Kier molecular flexibility index (Phi) is 4.75. The Labute approximate surface area is 147 Å². The number of nitrogens with zero attached hydrogens (tertiary/aromatic N) is 5. The fourth-order valence-electron chi connectivity index (χ4n) is 2.36. The Balaban J connectivity index is 1.80. The van der Waals surface area contributed by atoms with E-state index in [4.69, 9.17) is 0 Å². The van der Waals surface area contributed by atoms with Crippen molar-refractivity contribution >= 4 is 27.5 Å². The zero-order chi connectivity index (χ0) is 17.1. The van der Waals surface area contributed by atoms with Crippen molar-refractivity contribution in [2.75, 3.05) is 5.32 Å². The summed E-state index contributed by atoms with van der Waals surface area (Å²) in [6, 6.07) is 7.65. The molecule has 1 N–H and O–H groups in total. The number of anilines is 1. The quantitative estimate of drug-likeness (QED) is 0.727. The Hall–Kier alpha value is -2.48. The van der Waals surface area contributed by atoms with Crippen molar-refractivity contribution in [3.63, 3.8) is 0 Å². The molecule has 1 amide bonds. The van der Waals surface area contributed by atoms with Crippen molar-refractivity contribution in [2.45, 2.75) is 26.8 Å². The number of aromatic nitrogens is 5. The first-order chi connectivity index (χ1) is 11.6. The minimum absolute atomic E-state index is 0.290. The van der Waals surface area contributed by atoms with Crippen LogP contribution in [0.3, 0.4) is 0 Å². The Bertz CT molecular complexity index is 869. The lowest BCUT2D eigenvalue weighted by Gasteiger charge is -2.04. The number of halogens is 1. The van der Waals surface area contributed by atoms with Gasteiger partial charge in [0.1, 0.15) is 0 Å². The van der Waals surface area contributed by atoms with Crippen LogP contribution in [0.1, 0.15) is 29.5 Å². The molecule has 0 unspecified atom stereocenters. The van der Waals surface area contributed by atoms with Crippen LogP contribution in [-0.2, 0) is 6.54 Å². The van der Waals surface area contributed by atoms with Gasteiger partial charge in [-0.25, -0.2) is 4.68 Å². The lowest BCUT2D eigenvalue weighted by molar-refractivity contribution is 0.102. The van der Waals surface area contributed by atoms with Crippen LogP contribution in [0.2, 0.25) is 0 Å². The van der Waals surface area contributed by atoms with E-state index in [-0.39, 0.29) is 5.91 Å². The van der Waals surface area contributed by atoms with Crippen LogP contribution in [0.15, 0.2) is 41.1 Å². The Morgan fingerprint density at radius 1 is 1.38 bits per heavy atom. The zero-order valence-corrected chi connectivity index (χ0v) is 15.0. The molecular weight excluding hydrogens is 372 g/mol. The molecule has 0 aliphatic carbocycles. The molecule has 0 fully saturated rings. The zero-order valence-electron chi connectivity index (χ0n) is 13.4. The summed E-state index contributed by atoms with van der Waals surface area (Å²) in [6.07, 6.45) is 4.41. The lowest BCUT2D eigenvalue weighted by Crippen LogP contribution is -2.14. The maximum absolute atomic E-state index is 12.4. The van der Waals surface area contributed by atoms with Gasteiger partial charge in [-0.15, -0.1) is 5.10 Å². The van der Waals surface area contributed by atoms with Crippen LogP contribution >= 0.6 is 15.9 Å². The normalized spacial score (nSPS) is 10.8. The lowest BCUT2D eigenvalue weighted by atomic mass is 10.3. The highest BCUT2D eigenvalue weighted by Gasteiger charge is 2.18. The second kappa shape index (κ2) is 6.96. The first kappa shape index (κ1) is 16.4. The molecule has 0 aliphatic heterocycles. The van der Waals surface area contributed by atoms with Crippen molar-refractivity contribution in [3.05, 3.63) is 52.5 Å². The highest BCUT2D eigenvalue weighted by atomic mass is 79.9. The molecule has 0 saturated heterocycles. The second-order valence-corrected chi connectivity index (χ2v) is 6.28. The van der Waals surface area contributed by atoms with E-state index in [1.807, 2.05) is 31.2 Å². The number of nitrogens with one attached hydrogen (secondary N) is 1. The van der Waals surface area contributed by atoms with Gasteiger partial charge in [-0.3, -0.25) is 9.48 Å². The van der Waals surface area contributed by atoms with Gasteiger partial charge < -0.3 is 5.32 Å². The van der Waals surface area contributed by atoms with E-state index in [1.165, 1.54) is 0 Å². The Morgan fingerprint density at radius 2 is 2.21 bits per heavy atom. The van der Waals surface area contributed by atoms with Gasteiger partial charge in [-0.1, -0.05) is 34.1 Å². The van der Waals surface area contributed by atoms with E-state index in [1.54, 1.807) is 21.8 Å². The standard InChI is InChI=1S/C16H17BrN6O/c1-3-7-22-10-13(9-18-22)19-16(24)15-11(2)23(21-20-15)14-6-4-5-12(17)8-14/h4-6,8-10H,3,7H2,1-2H3,(H,19,24). The number of carbonyl (C=O) groups excluding carboxylic acids is 1. The topological polar surface area (TPSA) is 77.6 Å². The molecule has 2 aromatic heterocycles. The molecule has 2 heterocycles. The van der Waals surface area contributed by atoms with E-state index in [2.05, 4.69) is 43.6 Å². The van der Waals surface area contributed by atoms with Gasteiger partial charge in [0.2, 0.25) is 0 Å². The molecule has 1 aromatic carbocycles. The van der Waals surface area contributed by atoms with Gasteiger partial charge in [-0.2, -0.15) is 5.10 Å². The number of hydrogen-bond acceptors (Lipinski definition) is 4. The van der Waals surface area contributed by atoms with Crippen LogP contribution in [0.25, 0.3) is 5.69 Å². The number of carbonyl (C=O) groups is 1. The molecule has 0 radical (unpaired) electrons. The van der Waals surface area contributed by atoms with Crippen molar-refractivity contribution in [1.29, 1.82) is 0 Å². The number of aryl methyl sites for hydroxylation is 1. The van der Waals surface area contributed by atoms with Crippen molar-refractivity contribution < 1.29 is 4.79 Å². The smallest absolute Gasteiger partial charge is 0.278 e. The second-order valence-electron chi connectivity index (χ2n) is 5.36. The number of hydrogen-bond donors (Lipinski definition) is 1. The van der Waals surface area contributed by atoms with Crippen LogP contribution in [0, 0.1) is 6.92 Å². The summed E-state index contributed by atoms with van der Waals surface area (Å²) in [7, 11) is 0. The highest BCUT2D eigenvalue weighted by Crippen LogP contribution is 2.18. The first-order valence-corrected chi connectivity index (χ1v) is 8.40. The molecule has 124 valence electrons. The molecule has 7 nitrogen and oxygen atoms in total. The van der Waals surface area contributed by atoms with Gasteiger partial charge in [0.25, 0.3) is 5.91 Å². The predicted octanol–water partition coefficient (Wildman–Crippen LogP) is 3.20. The maximum Gasteiger partial charge on any atom is 0.278 e. The minimum Gasteiger partial charge on any atom is -0.318 e. The average Bonchev–Trinajstić information content (AvgIpc) is 3.14. The predicted molar refractivity (Wildman–Crippen MR) is 94.3 cm³/mol. The summed E-state index contributed by atoms with van der Waals surface area (Å²) in [4.78, 5) is 12.4. The molecule has 0 spiro atoms. The van der Waals surface area contributed by atoms with Crippen molar-refractivity contribution in [2.24, 2.45) is 0 Å². The maximum atomic E-state index is 12.4. The number of rotatable bonds is 5. The van der Waals surface area contributed by atoms with E-state index >= 15 is 0 Å². The van der Waals surface area contributed by atoms with E-state index in [9.17, 15) is 4.79 Å². The van der Waals surface area contributed by atoms with E-state index in [0.29, 0.717) is 17.1 Å². The first-order valence-electron chi connectivity index (χ1n) is 7.60. The molecule has 3 aromatic rings. The summed E-state index contributed by atoms with van der Waals surface area (Å²) < 4.78 is 4.37. The number of benzene rings is 1. The summed E-state index contributed by atoms with van der Waals surface area (Å²) >= 11 is 3.43. The van der Waals surface area contributed by atoms with Crippen LogP contribution in [-0.4, -0.2) is 30.7 Å². The molecule has 8 heteroatoms. The summed E-state index contributed by atoms with van der Waals surface area (Å²) in [5.41, 5.74) is 2.44. The summed E-state index contributed by atoms with van der Waals surface area (Å²) in [5, 5.41) is 15.1. The molecule has 3 rings (SSSR count). The number of amides is 1. The third-order valence-electron chi connectivity index (χ3n) is 3.51. The molecule has 0 saturated carbocycles. The fourth-order valence-corrected chi connectivity index (χ4v) is 2.75. The molecule has 0 bridgehead atoms. The summed E-state index contributed by atoms with van der Waals surface area (Å²) in [6.45, 7) is 4.70. The average molecular weight is 389 g/mol. The summed E-state index contributed by atoms with van der Waals surface area (Å²) in [5.74, 6) is -0.301. The highest BCUT2D eigenvalue weighted by molar-refractivity contribution is 9.10. The monoisotopic (exact) mass is 388 g/mol. The minimum atomic E-state index is -0.301. The molecule has 0 aliphatic rings. The van der Waals surface area contributed by atoms with Gasteiger partial charge in [0.05, 0.1) is 23.3 Å².